The SMILES string of the molecule is CC(C)(C)OC(=O)[C@@H]1CC[C@H](c2ccccn2)N1. The van der Waals surface area contributed by atoms with Crippen LogP contribution in [0.2, 0.25) is 0 Å². The van der Waals surface area contributed by atoms with E-state index in [0.29, 0.717) is 0 Å². The van der Waals surface area contributed by atoms with Gasteiger partial charge in [-0.25, -0.2) is 0 Å². The van der Waals surface area contributed by atoms with Crippen molar-refractivity contribution in [3.8, 4) is 0 Å². The molecule has 2 rings (SSSR count). The van der Waals surface area contributed by atoms with Crippen molar-refractivity contribution < 1.29 is 9.53 Å². The highest BCUT2D eigenvalue weighted by molar-refractivity contribution is 5.76. The van der Waals surface area contributed by atoms with Gasteiger partial charge in [-0.05, 0) is 45.7 Å². The second kappa shape index (κ2) is 5.06. The van der Waals surface area contributed by atoms with Gasteiger partial charge in [0, 0.05) is 6.20 Å². The monoisotopic (exact) mass is 248 g/mol. The molecule has 0 radical (unpaired) electrons. The van der Waals surface area contributed by atoms with Gasteiger partial charge in [0.25, 0.3) is 0 Å². The van der Waals surface area contributed by atoms with Gasteiger partial charge in [0.2, 0.25) is 0 Å². The Kier molecular flexibility index (Phi) is 3.66. The third-order valence-corrected chi connectivity index (χ3v) is 2.88. The van der Waals surface area contributed by atoms with Gasteiger partial charge in [-0.3, -0.25) is 15.1 Å². The van der Waals surface area contributed by atoms with Gasteiger partial charge >= 0.3 is 5.97 Å². The fraction of sp³-hybridized carbons (Fsp3) is 0.571. The topological polar surface area (TPSA) is 51.2 Å². The van der Waals surface area contributed by atoms with Crippen LogP contribution >= 0.6 is 0 Å². The van der Waals surface area contributed by atoms with Crippen molar-refractivity contribution in [2.45, 2.75) is 51.3 Å². The summed E-state index contributed by atoms with van der Waals surface area (Å²) in [7, 11) is 0. The standard InChI is InChI=1S/C14H20N2O2/c1-14(2,3)18-13(17)12-8-7-11(16-12)10-6-4-5-9-15-10/h4-6,9,11-12,16H,7-8H2,1-3H3/t11-,12+/m1/s1. The van der Waals surface area contributed by atoms with Crippen molar-refractivity contribution >= 4 is 5.97 Å². The Bertz CT molecular complexity index is 412. The van der Waals surface area contributed by atoms with Gasteiger partial charge in [-0.15, -0.1) is 0 Å². The van der Waals surface area contributed by atoms with E-state index in [9.17, 15) is 4.79 Å². The molecule has 0 aliphatic carbocycles. The highest BCUT2D eigenvalue weighted by Crippen LogP contribution is 2.26. The van der Waals surface area contributed by atoms with E-state index in [1.807, 2.05) is 39.0 Å². The summed E-state index contributed by atoms with van der Waals surface area (Å²) in [6.07, 6.45) is 3.49. The number of hydrogen-bond donors (Lipinski definition) is 1. The summed E-state index contributed by atoms with van der Waals surface area (Å²) in [5.41, 5.74) is 0.561. The number of rotatable bonds is 2. The van der Waals surface area contributed by atoms with Gasteiger partial charge in [-0.2, -0.15) is 0 Å². The molecule has 1 saturated heterocycles. The minimum atomic E-state index is -0.429. The second-order valence-electron chi connectivity index (χ2n) is 5.64. The zero-order chi connectivity index (χ0) is 13.2. The summed E-state index contributed by atoms with van der Waals surface area (Å²) in [4.78, 5) is 16.2. The van der Waals surface area contributed by atoms with E-state index < -0.39 is 5.60 Å². The highest BCUT2D eigenvalue weighted by atomic mass is 16.6. The van der Waals surface area contributed by atoms with Crippen molar-refractivity contribution in [1.29, 1.82) is 0 Å². The molecule has 1 aromatic rings. The molecule has 1 aliphatic rings. The lowest BCUT2D eigenvalue weighted by atomic mass is 10.1. The smallest absolute Gasteiger partial charge is 0.323 e. The number of carbonyl (C=O) groups is 1. The highest BCUT2D eigenvalue weighted by Gasteiger charge is 2.33. The molecule has 4 nitrogen and oxygen atoms in total. The molecule has 0 bridgehead atoms. The number of aromatic nitrogens is 1. The summed E-state index contributed by atoms with van der Waals surface area (Å²) in [6, 6.07) is 5.78. The maximum absolute atomic E-state index is 11.9. The summed E-state index contributed by atoms with van der Waals surface area (Å²) in [6.45, 7) is 5.66. The molecule has 98 valence electrons. The van der Waals surface area contributed by atoms with E-state index >= 15 is 0 Å². The molecule has 18 heavy (non-hydrogen) atoms. The molecule has 0 saturated carbocycles. The Balaban J connectivity index is 1.95. The lowest BCUT2D eigenvalue weighted by Crippen LogP contribution is -2.38. The van der Waals surface area contributed by atoms with Gasteiger partial charge in [-0.1, -0.05) is 6.07 Å². The summed E-state index contributed by atoms with van der Waals surface area (Å²) < 4.78 is 5.38. The first-order chi connectivity index (χ1) is 8.46. The molecular formula is C14H20N2O2. The molecule has 2 heterocycles. The molecule has 1 aliphatic heterocycles. The van der Waals surface area contributed by atoms with Crippen LogP contribution in [-0.2, 0) is 9.53 Å². The lowest BCUT2D eigenvalue weighted by molar-refractivity contribution is -0.157. The number of pyridine rings is 1. The van der Waals surface area contributed by atoms with Gasteiger partial charge in [0.1, 0.15) is 11.6 Å². The molecule has 1 N–H and O–H groups in total. The normalized spacial score (nSPS) is 23.9. The summed E-state index contributed by atoms with van der Waals surface area (Å²) in [5.74, 6) is -0.166. The van der Waals surface area contributed by atoms with Crippen molar-refractivity contribution in [1.82, 2.24) is 10.3 Å². The Morgan fingerprint density at radius 3 is 2.78 bits per heavy atom. The number of carbonyl (C=O) groups excluding carboxylic acids is 1. The first kappa shape index (κ1) is 13.0. The first-order valence-electron chi connectivity index (χ1n) is 6.35. The van der Waals surface area contributed by atoms with E-state index in [4.69, 9.17) is 4.74 Å². The van der Waals surface area contributed by atoms with Crippen molar-refractivity contribution in [2.24, 2.45) is 0 Å². The fourth-order valence-corrected chi connectivity index (χ4v) is 2.12. The Labute approximate surface area is 108 Å². The van der Waals surface area contributed by atoms with Crippen LogP contribution in [0.3, 0.4) is 0 Å². The predicted molar refractivity (Wildman–Crippen MR) is 69.0 cm³/mol. The Morgan fingerprint density at radius 2 is 2.17 bits per heavy atom. The Hall–Kier alpha value is -1.42. The third-order valence-electron chi connectivity index (χ3n) is 2.88. The molecule has 0 amide bonds. The Morgan fingerprint density at radius 1 is 1.39 bits per heavy atom. The van der Waals surface area contributed by atoms with Crippen LogP contribution in [0.1, 0.15) is 45.3 Å². The van der Waals surface area contributed by atoms with E-state index in [1.165, 1.54) is 0 Å². The molecular weight excluding hydrogens is 228 g/mol. The maximum atomic E-state index is 11.9. The number of nitrogens with one attached hydrogen (secondary N) is 1. The van der Waals surface area contributed by atoms with Crippen LogP contribution in [0.25, 0.3) is 0 Å². The minimum absolute atomic E-state index is 0.156. The maximum Gasteiger partial charge on any atom is 0.323 e. The summed E-state index contributed by atoms with van der Waals surface area (Å²) in [5, 5.41) is 3.29. The van der Waals surface area contributed by atoms with E-state index in [-0.39, 0.29) is 18.1 Å². The molecule has 0 spiro atoms. The predicted octanol–water partition coefficient (Wildman–Crippen LogP) is 2.22. The van der Waals surface area contributed by atoms with Crippen molar-refractivity contribution in [3.05, 3.63) is 30.1 Å². The number of ether oxygens (including phenoxy) is 1. The van der Waals surface area contributed by atoms with Crippen LogP contribution in [0.15, 0.2) is 24.4 Å². The molecule has 2 atom stereocenters. The van der Waals surface area contributed by atoms with Crippen LogP contribution in [0.5, 0.6) is 0 Å². The van der Waals surface area contributed by atoms with Gasteiger partial charge < -0.3 is 4.74 Å². The number of nitrogens with zero attached hydrogens (tertiary/aromatic N) is 1. The number of hydrogen-bond acceptors (Lipinski definition) is 4. The summed E-state index contributed by atoms with van der Waals surface area (Å²) >= 11 is 0. The molecule has 0 unspecified atom stereocenters. The zero-order valence-corrected chi connectivity index (χ0v) is 11.1. The van der Waals surface area contributed by atoms with Crippen LogP contribution in [0.4, 0.5) is 0 Å². The lowest BCUT2D eigenvalue weighted by Gasteiger charge is -2.22. The third kappa shape index (κ3) is 3.29. The molecule has 0 aromatic carbocycles. The van der Waals surface area contributed by atoms with Crippen LogP contribution in [0, 0.1) is 0 Å². The van der Waals surface area contributed by atoms with E-state index in [2.05, 4.69) is 10.3 Å². The van der Waals surface area contributed by atoms with Crippen molar-refractivity contribution in [2.75, 3.05) is 0 Å². The van der Waals surface area contributed by atoms with Crippen LogP contribution < -0.4 is 5.32 Å². The quantitative estimate of drug-likeness (QED) is 0.815. The largest absolute Gasteiger partial charge is 0.459 e. The molecule has 1 aromatic heterocycles. The van der Waals surface area contributed by atoms with E-state index in [1.54, 1.807) is 6.20 Å². The average Bonchev–Trinajstić information content (AvgIpc) is 2.77. The zero-order valence-electron chi connectivity index (χ0n) is 11.1. The van der Waals surface area contributed by atoms with Crippen LogP contribution in [-0.4, -0.2) is 22.6 Å². The van der Waals surface area contributed by atoms with E-state index in [0.717, 1.165) is 18.5 Å². The van der Waals surface area contributed by atoms with Gasteiger partial charge in [0.15, 0.2) is 0 Å². The minimum Gasteiger partial charge on any atom is -0.459 e. The van der Waals surface area contributed by atoms with Gasteiger partial charge in [0.05, 0.1) is 11.7 Å². The van der Waals surface area contributed by atoms with Crippen molar-refractivity contribution in [3.63, 3.8) is 0 Å². The molecule has 4 heteroatoms. The second-order valence-corrected chi connectivity index (χ2v) is 5.64. The molecule has 1 fully saturated rings. The average molecular weight is 248 g/mol. The first-order valence-corrected chi connectivity index (χ1v) is 6.35. The number of esters is 1. The fourth-order valence-electron chi connectivity index (χ4n) is 2.12.